The Morgan fingerprint density at radius 3 is 1.70 bits per heavy atom. The summed E-state index contributed by atoms with van der Waals surface area (Å²) < 4.78 is 20.6. The van der Waals surface area contributed by atoms with Gasteiger partial charge in [-0.3, -0.25) is 9.13 Å². The summed E-state index contributed by atoms with van der Waals surface area (Å²) in [6.45, 7) is 0. The van der Waals surface area contributed by atoms with Crippen molar-refractivity contribution >= 4 is 15.0 Å². The molecule has 0 aromatic carbocycles. The van der Waals surface area contributed by atoms with Crippen LogP contribution in [-0.4, -0.2) is 26.9 Å². The lowest BCUT2D eigenvalue weighted by Gasteiger charge is -2.08. The van der Waals surface area contributed by atoms with E-state index in [2.05, 4.69) is 0 Å². The lowest BCUT2D eigenvalue weighted by Crippen LogP contribution is -2.03. The predicted octanol–water partition coefficient (Wildman–Crippen LogP) is -0.692. The highest BCUT2D eigenvalue weighted by Gasteiger charge is 2.27. The first-order valence-electron chi connectivity index (χ1n) is 2.32. The molecule has 0 aromatic heterocycles. The van der Waals surface area contributed by atoms with Crippen LogP contribution < -0.4 is 5.73 Å². The molecule has 0 saturated heterocycles. The Hall–Kier alpha value is 0.300. The summed E-state index contributed by atoms with van der Waals surface area (Å²) in [4.78, 5) is 25.0. The van der Waals surface area contributed by atoms with Crippen molar-refractivity contribution in [1.82, 2.24) is 0 Å². The number of nitrogens with two attached hydrogens (primary N) is 1. The first-order chi connectivity index (χ1) is 4.27. The maximum absolute atomic E-state index is 10.5. The molecule has 0 fully saturated rings. The summed E-state index contributed by atoms with van der Waals surface area (Å²) in [6, 6.07) is 0. The van der Waals surface area contributed by atoms with Gasteiger partial charge in [-0.1, -0.05) is 0 Å². The van der Waals surface area contributed by atoms with Crippen molar-refractivity contribution in [3.05, 3.63) is 0 Å². The smallest absolute Gasteiger partial charge is 0.335 e. The van der Waals surface area contributed by atoms with E-state index in [1.165, 1.54) is 0 Å². The second kappa shape index (κ2) is 3.13. The Morgan fingerprint density at radius 1 is 1.20 bits per heavy atom. The highest BCUT2D eigenvalue weighted by atomic mass is 31.2. The molecule has 0 aliphatic rings. The van der Waals surface area contributed by atoms with Gasteiger partial charge in [-0.05, 0) is 0 Å². The fourth-order valence-electron chi connectivity index (χ4n) is 0.346. The standard InChI is InChI=1S/C2H9NO5P2/c3-1-9(4,5)2-10(6,7)8/h1-3H2,(H,4,5)(H2,6,7,8). The third-order valence-corrected chi connectivity index (χ3v) is 4.50. The van der Waals surface area contributed by atoms with E-state index in [1.54, 1.807) is 0 Å². The van der Waals surface area contributed by atoms with Gasteiger partial charge in [0, 0.05) is 0 Å². The molecule has 0 aliphatic carbocycles. The van der Waals surface area contributed by atoms with Crippen LogP contribution in [0.15, 0.2) is 0 Å². The average molecular weight is 189 g/mol. The molecule has 0 spiro atoms. The lowest BCUT2D eigenvalue weighted by atomic mass is 11.5. The maximum Gasteiger partial charge on any atom is 0.335 e. The molecule has 1 unspecified atom stereocenters. The van der Waals surface area contributed by atoms with Crippen molar-refractivity contribution in [2.24, 2.45) is 5.73 Å². The first-order valence-corrected chi connectivity index (χ1v) is 6.15. The van der Waals surface area contributed by atoms with E-state index < -0.39 is 27.2 Å². The number of rotatable bonds is 3. The molecule has 5 N–H and O–H groups in total. The molecule has 6 nitrogen and oxygen atoms in total. The zero-order chi connectivity index (χ0) is 8.41. The Morgan fingerprint density at radius 2 is 1.60 bits per heavy atom. The molecular formula is C2H9NO5P2. The maximum atomic E-state index is 10.5. The van der Waals surface area contributed by atoms with E-state index in [0.717, 1.165) is 0 Å². The fourth-order valence-corrected chi connectivity index (χ4v) is 3.11. The van der Waals surface area contributed by atoms with E-state index in [9.17, 15) is 9.13 Å². The predicted molar refractivity (Wildman–Crippen MR) is 35.8 cm³/mol. The van der Waals surface area contributed by atoms with Gasteiger partial charge in [-0.2, -0.15) is 0 Å². The van der Waals surface area contributed by atoms with Crippen molar-refractivity contribution in [1.29, 1.82) is 0 Å². The van der Waals surface area contributed by atoms with Crippen LogP contribution in [0.1, 0.15) is 0 Å². The second-order valence-corrected chi connectivity index (χ2v) is 6.35. The Kier molecular flexibility index (Phi) is 3.23. The van der Waals surface area contributed by atoms with E-state index in [-0.39, 0.29) is 0 Å². The van der Waals surface area contributed by atoms with Crippen molar-refractivity contribution in [3.63, 3.8) is 0 Å². The minimum Gasteiger partial charge on any atom is -0.343 e. The van der Waals surface area contributed by atoms with Crippen LogP contribution in [-0.2, 0) is 9.13 Å². The molecule has 0 bridgehead atoms. The molecule has 0 saturated carbocycles. The normalized spacial score (nSPS) is 18.4. The zero-order valence-corrected chi connectivity index (χ0v) is 6.83. The van der Waals surface area contributed by atoms with Crippen molar-refractivity contribution in [2.75, 3.05) is 12.2 Å². The summed E-state index contributed by atoms with van der Waals surface area (Å²) in [5.41, 5.74) is 4.76. The van der Waals surface area contributed by atoms with Gasteiger partial charge in [-0.15, -0.1) is 0 Å². The SMILES string of the molecule is NCP(=O)(O)CP(=O)(O)O. The van der Waals surface area contributed by atoms with Gasteiger partial charge in [-0.25, -0.2) is 0 Å². The molecule has 62 valence electrons. The molecular weight excluding hydrogens is 180 g/mol. The van der Waals surface area contributed by atoms with Gasteiger partial charge in [0.15, 0.2) is 0 Å². The van der Waals surface area contributed by atoms with Crippen molar-refractivity contribution < 1.29 is 23.8 Å². The average Bonchev–Trinajstić information content (AvgIpc) is 1.60. The van der Waals surface area contributed by atoms with Crippen LogP contribution in [0.25, 0.3) is 0 Å². The van der Waals surface area contributed by atoms with Crippen LogP contribution in [0, 0.1) is 0 Å². The van der Waals surface area contributed by atoms with Crippen molar-refractivity contribution in [3.8, 4) is 0 Å². The Labute approximate surface area is 57.7 Å². The van der Waals surface area contributed by atoms with Crippen LogP contribution in [0.4, 0.5) is 0 Å². The Balaban J connectivity index is 4.17. The molecule has 0 radical (unpaired) electrons. The molecule has 0 aliphatic heterocycles. The minimum absolute atomic E-state index is 0.599. The van der Waals surface area contributed by atoms with E-state index in [4.69, 9.17) is 20.4 Å². The molecule has 0 amide bonds. The topological polar surface area (TPSA) is 121 Å². The van der Waals surface area contributed by atoms with Gasteiger partial charge >= 0.3 is 7.60 Å². The third kappa shape index (κ3) is 5.11. The van der Waals surface area contributed by atoms with Crippen LogP contribution >= 0.6 is 15.0 Å². The van der Waals surface area contributed by atoms with E-state index >= 15 is 0 Å². The molecule has 0 aromatic rings. The van der Waals surface area contributed by atoms with Crippen LogP contribution in [0.3, 0.4) is 0 Å². The summed E-state index contributed by atoms with van der Waals surface area (Å²) in [5, 5.41) is 0. The van der Waals surface area contributed by atoms with Crippen molar-refractivity contribution in [2.45, 2.75) is 0 Å². The molecule has 1 atom stereocenters. The van der Waals surface area contributed by atoms with E-state index in [1.807, 2.05) is 0 Å². The summed E-state index contributed by atoms with van der Waals surface area (Å²) in [7, 11) is -8.18. The monoisotopic (exact) mass is 189 g/mol. The Bertz CT molecular complexity index is 196. The van der Waals surface area contributed by atoms with Gasteiger partial charge in [0.25, 0.3) is 0 Å². The molecule has 8 heteroatoms. The number of hydrogen-bond acceptors (Lipinski definition) is 3. The summed E-state index contributed by atoms with van der Waals surface area (Å²) >= 11 is 0. The highest BCUT2D eigenvalue weighted by molar-refractivity contribution is 7.72. The fraction of sp³-hybridized carbons (Fsp3) is 1.00. The molecule has 10 heavy (non-hydrogen) atoms. The van der Waals surface area contributed by atoms with Crippen LogP contribution in [0.2, 0.25) is 0 Å². The molecule has 0 heterocycles. The first kappa shape index (κ1) is 10.3. The van der Waals surface area contributed by atoms with Gasteiger partial charge in [0.05, 0.1) is 6.29 Å². The lowest BCUT2D eigenvalue weighted by molar-refractivity contribution is 0.376. The minimum atomic E-state index is -4.40. The van der Waals surface area contributed by atoms with E-state index in [0.29, 0.717) is 0 Å². The zero-order valence-electron chi connectivity index (χ0n) is 5.04. The second-order valence-electron chi connectivity index (χ2n) is 1.83. The van der Waals surface area contributed by atoms with Gasteiger partial charge in [0.2, 0.25) is 7.37 Å². The summed E-state index contributed by atoms with van der Waals surface area (Å²) in [5.74, 6) is -1.03. The van der Waals surface area contributed by atoms with Crippen LogP contribution in [0.5, 0.6) is 0 Å². The summed E-state index contributed by atoms with van der Waals surface area (Å²) in [6.07, 6.45) is -0.599. The largest absolute Gasteiger partial charge is 0.343 e. The molecule has 0 rings (SSSR count). The third-order valence-electron chi connectivity index (χ3n) is 0.690. The number of hydrogen-bond donors (Lipinski definition) is 4. The van der Waals surface area contributed by atoms with Gasteiger partial charge in [0.1, 0.15) is 5.90 Å². The highest BCUT2D eigenvalue weighted by Crippen LogP contribution is 2.53. The van der Waals surface area contributed by atoms with Gasteiger partial charge < -0.3 is 20.4 Å². The quantitative estimate of drug-likeness (QED) is 0.436.